The molecule has 4 nitrogen and oxygen atoms in total. The Hall–Kier alpha value is 0.491. The van der Waals surface area contributed by atoms with Crippen molar-refractivity contribution in [1.29, 1.82) is 0 Å². The van der Waals surface area contributed by atoms with Crippen LogP contribution in [0, 0.1) is 0 Å². The summed E-state index contributed by atoms with van der Waals surface area (Å²) in [4.78, 5) is 0. The molecule has 0 aromatic carbocycles. The van der Waals surface area contributed by atoms with Crippen LogP contribution in [0.1, 0.15) is 6.42 Å². The molecule has 1 aliphatic heterocycles. The second-order valence-corrected chi connectivity index (χ2v) is 9.74. The summed E-state index contributed by atoms with van der Waals surface area (Å²) < 4.78 is 21.7. The lowest BCUT2D eigenvalue weighted by molar-refractivity contribution is 0.116. The highest BCUT2D eigenvalue weighted by Gasteiger charge is 2.21. The molecule has 0 aliphatic carbocycles. The Kier molecular flexibility index (Phi) is 7.79. The van der Waals surface area contributed by atoms with Gasteiger partial charge in [0.15, 0.2) is 9.04 Å². The van der Waals surface area contributed by atoms with Gasteiger partial charge in [0, 0.05) is 6.61 Å². The van der Waals surface area contributed by atoms with Crippen molar-refractivity contribution in [2.45, 2.75) is 31.7 Å². The monoisotopic (exact) mass is 266 g/mol. The van der Waals surface area contributed by atoms with E-state index in [9.17, 15) is 0 Å². The van der Waals surface area contributed by atoms with Gasteiger partial charge in [-0.25, -0.2) is 0 Å². The van der Waals surface area contributed by atoms with Gasteiger partial charge < -0.3 is 17.7 Å². The predicted molar refractivity (Wildman–Crippen MR) is 68.1 cm³/mol. The van der Waals surface area contributed by atoms with Crippen LogP contribution >= 0.6 is 0 Å². The number of rotatable bonds is 10. The molecule has 0 radical (unpaired) electrons. The van der Waals surface area contributed by atoms with Gasteiger partial charge in [0.25, 0.3) is 10.0 Å². The van der Waals surface area contributed by atoms with Crippen molar-refractivity contribution in [1.82, 2.24) is 0 Å². The Morgan fingerprint density at radius 2 is 2.33 bits per heavy atom. The van der Waals surface area contributed by atoms with E-state index in [1.807, 2.05) is 0 Å². The second kappa shape index (κ2) is 8.62. The highest BCUT2D eigenvalue weighted by atomic mass is 28.4. The highest BCUT2D eigenvalue weighted by Crippen LogP contribution is 2.09. The molecule has 1 heterocycles. The van der Waals surface area contributed by atoms with E-state index in [2.05, 4.69) is 13.1 Å². The van der Waals surface area contributed by atoms with Gasteiger partial charge in [-0.15, -0.1) is 0 Å². The van der Waals surface area contributed by atoms with Crippen molar-refractivity contribution in [2.24, 2.45) is 0 Å². The molecule has 1 fully saturated rings. The van der Waals surface area contributed by atoms with Crippen LogP contribution in [0.4, 0.5) is 0 Å². The molecule has 0 saturated carbocycles. The van der Waals surface area contributed by atoms with Gasteiger partial charge in [0.05, 0.1) is 13.2 Å². The normalized spacial score (nSPS) is 23.2. The summed E-state index contributed by atoms with van der Waals surface area (Å²) in [6, 6.07) is 1.20. The molecule has 0 aromatic heterocycles. The maximum absolute atomic E-state index is 5.73. The zero-order valence-corrected chi connectivity index (χ0v) is 13.7. The molecule has 2 atom stereocenters. The number of hydrogen-bond donors (Lipinski definition) is 0. The summed E-state index contributed by atoms with van der Waals surface area (Å²) in [7, 11) is -1.79. The molecule has 1 saturated heterocycles. The van der Waals surface area contributed by atoms with Crippen LogP contribution in [0.2, 0.25) is 19.1 Å². The molecule has 7 heteroatoms. The van der Waals surface area contributed by atoms with E-state index in [0.717, 1.165) is 26.2 Å². The Labute approximate surface area is 98.4 Å². The number of epoxide rings is 1. The molecular formula is C8H22O4Si3. The van der Waals surface area contributed by atoms with Gasteiger partial charge >= 0.3 is 0 Å². The fourth-order valence-electron chi connectivity index (χ4n) is 1.18. The van der Waals surface area contributed by atoms with E-state index in [4.69, 9.17) is 17.7 Å². The SMILES string of the molecule is C[SiH2]O[SiH2]O[SiH](C)CCCOCC1CO1. The smallest absolute Gasteiger partial charge is 0.283 e. The van der Waals surface area contributed by atoms with E-state index in [1.165, 1.54) is 6.04 Å². The van der Waals surface area contributed by atoms with Gasteiger partial charge in [-0.05, 0) is 19.0 Å². The third-order valence-electron chi connectivity index (χ3n) is 2.25. The van der Waals surface area contributed by atoms with Crippen LogP contribution < -0.4 is 0 Å². The first-order valence-corrected chi connectivity index (χ1v) is 11.3. The van der Waals surface area contributed by atoms with Crippen LogP contribution in [0.3, 0.4) is 0 Å². The van der Waals surface area contributed by atoms with Crippen molar-refractivity contribution in [3.63, 3.8) is 0 Å². The Morgan fingerprint density at radius 1 is 1.53 bits per heavy atom. The van der Waals surface area contributed by atoms with Crippen LogP contribution in [0.15, 0.2) is 0 Å². The highest BCUT2D eigenvalue weighted by molar-refractivity contribution is 6.57. The zero-order valence-electron chi connectivity index (χ0n) is 9.74. The Morgan fingerprint density at radius 3 is 3.00 bits per heavy atom. The van der Waals surface area contributed by atoms with Gasteiger partial charge in [0.1, 0.15) is 15.9 Å². The summed E-state index contributed by atoms with van der Waals surface area (Å²) in [5.41, 5.74) is 0. The zero-order chi connectivity index (χ0) is 10.9. The van der Waals surface area contributed by atoms with E-state index in [0.29, 0.717) is 6.10 Å². The lowest BCUT2D eigenvalue weighted by atomic mass is 10.5. The third-order valence-corrected chi connectivity index (χ3v) is 8.59. The maximum Gasteiger partial charge on any atom is 0.283 e. The van der Waals surface area contributed by atoms with Crippen molar-refractivity contribution < 1.29 is 17.7 Å². The molecule has 90 valence electrons. The van der Waals surface area contributed by atoms with Crippen LogP contribution in [0.25, 0.3) is 0 Å². The van der Waals surface area contributed by atoms with E-state index in [-0.39, 0.29) is 9.76 Å². The molecule has 0 spiro atoms. The average molecular weight is 267 g/mol. The van der Waals surface area contributed by atoms with Gasteiger partial charge in [-0.1, -0.05) is 6.55 Å². The summed E-state index contributed by atoms with van der Waals surface area (Å²) >= 11 is 0. The first-order valence-electron chi connectivity index (χ1n) is 5.71. The maximum atomic E-state index is 5.73. The van der Waals surface area contributed by atoms with Crippen LogP contribution in [0.5, 0.6) is 0 Å². The van der Waals surface area contributed by atoms with Crippen LogP contribution in [-0.4, -0.2) is 54.7 Å². The van der Waals surface area contributed by atoms with Crippen molar-refractivity contribution in [3.05, 3.63) is 0 Å². The lowest BCUT2D eigenvalue weighted by Gasteiger charge is -2.11. The molecule has 15 heavy (non-hydrogen) atoms. The first-order chi connectivity index (χ1) is 7.33. The van der Waals surface area contributed by atoms with Crippen molar-refractivity contribution >= 4 is 28.8 Å². The summed E-state index contributed by atoms with van der Waals surface area (Å²) in [6.07, 6.45) is 1.52. The summed E-state index contributed by atoms with van der Waals surface area (Å²) in [6.45, 7) is 6.91. The fourth-order valence-corrected chi connectivity index (χ4v) is 5.44. The number of ether oxygens (including phenoxy) is 2. The van der Waals surface area contributed by atoms with Crippen molar-refractivity contribution in [2.75, 3.05) is 19.8 Å². The molecule has 0 N–H and O–H groups in total. The third kappa shape index (κ3) is 8.31. The van der Waals surface area contributed by atoms with Gasteiger partial charge in [-0.2, -0.15) is 0 Å². The minimum absolute atomic E-state index is 0.238. The van der Waals surface area contributed by atoms with Gasteiger partial charge in [-0.3, -0.25) is 0 Å². The van der Waals surface area contributed by atoms with Gasteiger partial charge in [0.2, 0.25) is 0 Å². The Balaban J connectivity index is 1.76. The number of hydrogen-bond acceptors (Lipinski definition) is 4. The standard InChI is InChI=1S/C8H22O4Si3/c1-13-11-14-12-15(2)5-3-4-9-6-8-7-10-8/h8,15H,3-7,13-14H2,1-2H3. The molecule has 0 aromatic rings. The average Bonchev–Trinajstić information content (AvgIpc) is 3.02. The van der Waals surface area contributed by atoms with Crippen molar-refractivity contribution in [3.8, 4) is 0 Å². The van der Waals surface area contributed by atoms with Crippen LogP contribution in [-0.2, 0) is 17.7 Å². The summed E-state index contributed by atoms with van der Waals surface area (Å²) in [5.74, 6) is 0. The minimum atomic E-state index is -0.938. The lowest BCUT2D eigenvalue weighted by Crippen LogP contribution is -2.19. The Bertz CT molecular complexity index is 157. The molecular weight excluding hydrogens is 244 g/mol. The minimum Gasteiger partial charge on any atom is -0.447 e. The van der Waals surface area contributed by atoms with E-state index < -0.39 is 19.0 Å². The largest absolute Gasteiger partial charge is 0.447 e. The van der Waals surface area contributed by atoms with E-state index >= 15 is 0 Å². The fraction of sp³-hybridized carbons (Fsp3) is 1.00. The summed E-state index contributed by atoms with van der Waals surface area (Å²) in [5, 5.41) is 0. The van der Waals surface area contributed by atoms with E-state index in [1.54, 1.807) is 0 Å². The predicted octanol–water partition coefficient (Wildman–Crippen LogP) is -0.691. The molecule has 2 unspecified atom stereocenters. The molecule has 0 amide bonds. The topological polar surface area (TPSA) is 40.2 Å². The quantitative estimate of drug-likeness (QED) is 0.298. The first kappa shape index (κ1) is 13.6. The molecule has 1 aliphatic rings. The molecule has 0 bridgehead atoms. The second-order valence-electron chi connectivity index (χ2n) is 3.76. The molecule has 1 rings (SSSR count).